The molecule has 1 aromatic carbocycles. The van der Waals surface area contributed by atoms with Crippen LogP contribution < -0.4 is 0 Å². The molecule has 1 nitrogen and oxygen atoms in total. The normalized spacial score (nSPS) is 21.0. The number of halogens is 4. The monoisotopic (exact) mass is 337 g/mol. The number of aryl methyl sites for hydroxylation is 1. The van der Waals surface area contributed by atoms with E-state index >= 15 is 0 Å². The predicted octanol–water partition coefficient (Wildman–Crippen LogP) is 5.64. The second-order valence-corrected chi connectivity index (χ2v) is 6.40. The lowest BCUT2D eigenvalue weighted by Crippen LogP contribution is -2.15. The Morgan fingerprint density at radius 3 is 2.04 bits per heavy atom. The van der Waals surface area contributed by atoms with Crippen LogP contribution in [-0.4, -0.2) is 4.98 Å². The lowest BCUT2D eigenvalue weighted by molar-refractivity contribution is 0.368. The Kier molecular flexibility index (Phi) is 4.88. The van der Waals surface area contributed by atoms with Gasteiger partial charge in [0.25, 0.3) is 5.95 Å². The van der Waals surface area contributed by atoms with Crippen molar-refractivity contribution in [1.82, 2.24) is 4.98 Å². The highest BCUT2D eigenvalue weighted by atomic mass is 19.2. The highest BCUT2D eigenvalue weighted by Gasteiger charge is 2.28. The van der Waals surface area contributed by atoms with E-state index in [-0.39, 0.29) is 23.2 Å². The Labute approximate surface area is 138 Å². The summed E-state index contributed by atoms with van der Waals surface area (Å²) in [6, 6.07) is 6.24. The lowest BCUT2D eigenvalue weighted by atomic mass is 9.76. The van der Waals surface area contributed by atoms with Crippen molar-refractivity contribution in [2.45, 2.75) is 50.9 Å². The maximum absolute atomic E-state index is 14.2. The fourth-order valence-electron chi connectivity index (χ4n) is 3.58. The van der Waals surface area contributed by atoms with E-state index < -0.39 is 17.7 Å². The minimum atomic E-state index is -1.41. The van der Waals surface area contributed by atoms with Gasteiger partial charge in [0.15, 0.2) is 5.82 Å². The fraction of sp³-hybridized carbons (Fsp3) is 0.421. The first kappa shape index (κ1) is 16.9. The average molecular weight is 337 g/mol. The first-order chi connectivity index (χ1) is 11.5. The van der Waals surface area contributed by atoms with E-state index in [4.69, 9.17) is 0 Å². The number of nitrogens with zero attached hydrogens (tertiary/aromatic N) is 1. The highest BCUT2D eigenvalue weighted by Crippen LogP contribution is 2.41. The molecule has 1 saturated carbocycles. The third-order valence-electron chi connectivity index (χ3n) is 4.99. The van der Waals surface area contributed by atoms with Gasteiger partial charge in [0.05, 0.1) is 0 Å². The summed E-state index contributed by atoms with van der Waals surface area (Å²) in [6.45, 7) is 1.98. The standard InChI is InChI=1S/C19H19F4N/c1-2-11-3-8-14(16(20)9-11)12-4-6-13(7-5-12)15-10-17(21)19(23)24-18(15)22/h3,8-10,12-13H,2,4-7H2,1H3/t12-,13-. The quantitative estimate of drug-likeness (QED) is 0.521. The molecule has 1 fully saturated rings. The third-order valence-corrected chi connectivity index (χ3v) is 4.99. The second-order valence-electron chi connectivity index (χ2n) is 6.40. The predicted molar refractivity (Wildman–Crippen MR) is 83.8 cm³/mol. The van der Waals surface area contributed by atoms with Crippen LogP contribution in [0.1, 0.15) is 61.1 Å². The minimum Gasteiger partial charge on any atom is -0.207 e. The van der Waals surface area contributed by atoms with Crippen molar-refractivity contribution < 1.29 is 17.6 Å². The van der Waals surface area contributed by atoms with Crippen LogP contribution in [0, 0.1) is 23.5 Å². The smallest absolute Gasteiger partial charge is 0.207 e. The van der Waals surface area contributed by atoms with Crippen LogP contribution in [-0.2, 0) is 6.42 Å². The van der Waals surface area contributed by atoms with Gasteiger partial charge < -0.3 is 0 Å². The van der Waals surface area contributed by atoms with E-state index in [1.807, 2.05) is 19.1 Å². The fourth-order valence-corrected chi connectivity index (χ4v) is 3.58. The number of hydrogen-bond acceptors (Lipinski definition) is 1. The number of pyridine rings is 1. The van der Waals surface area contributed by atoms with Crippen LogP contribution in [0.25, 0.3) is 0 Å². The van der Waals surface area contributed by atoms with E-state index in [9.17, 15) is 17.6 Å². The van der Waals surface area contributed by atoms with Gasteiger partial charge in [-0.15, -0.1) is 0 Å². The van der Waals surface area contributed by atoms with Crippen LogP contribution >= 0.6 is 0 Å². The van der Waals surface area contributed by atoms with Gasteiger partial charge in [0.1, 0.15) is 5.82 Å². The van der Waals surface area contributed by atoms with Gasteiger partial charge in [-0.2, -0.15) is 13.8 Å². The second kappa shape index (κ2) is 6.91. The first-order valence-electron chi connectivity index (χ1n) is 8.29. The van der Waals surface area contributed by atoms with Gasteiger partial charge in [0.2, 0.25) is 5.95 Å². The highest BCUT2D eigenvalue weighted by molar-refractivity contribution is 5.28. The van der Waals surface area contributed by atoms with Crippen molar-refractivity contribution in [2.24, 2.45) is 0 Å². The summed E-state index contributed by atoms with van der Waals surface area (Å²) < 4.78 is 54.3. The van der Waals surface area contributed by atoms with Crippen LogP contribution in [0.15, 0.2) is 24.3 Å². The van der Waals surface area contributed by atoms with E-state index in [1.165, 1.54) is 0 Å². The molecular formula is C19H19F4N. The number of hydrogen-bond donors (Lipinski definition) is 0. The summed E-state index contributed by atoms with van der Waals surface area (Å²) >= 11 is 0. The van der Waals surface area contributed by atoms with Crippen molar-refractivity contribution in [3.05, 3.63) is 64.5 Å². The molecule has 3 rings (SSSR count). The van der Waals surface area contributed by atoms with E-state index in [0.717, 1.165) is 18.1 Å². The molecule has 1 aliphatic rings. The molecular weight excluding hydrogens is 318 g/mol. The van der Waals surface area contributed by atoms with E-state index in [0.29, 0.717) is 31.2 Å². The Morgan fingerprint density at radius 2 is 1.46 bits per heavy atom. The molecule has 0 N–H and O–H groups in total. The molecule has 0 bridgehead atoms. The molecule has 0 unspecified atom stereocenters. The maximum Gasteiger partial charge on any atom is 0.251 e. The van der Waals surface area contributed by atoms with E-state index in [2.05, 4.69) is 4.98 Å². The number of aromatic nitrogens is 1. The van der Waals surface area contributed by atoms with Crippen LogP contribution in [0.4, 0.5) is 17.6 Å². The molecule has 1 aliphatic carbocycles. The van der Waals surface area contributed by atoms with Gasteiger partial charge in [0, 0.05) is 5.56 Å². The SMILES string of the molecule is CCc1ccc([C@H]2CC[C@H](c3cc(F)c(F)nc3F)CC2)c(F)c1. The van der Waals surface area contributed by atoms with Gasteiger partial charge in [-0.25, -0.2) is 8.78 Å². The summed E-state index contributed by atoms with van der Waals surface area (Å²) in [4.78, 5) is 2.99. The molecule has 5 heteroatoms. The number of benzene rings is 1. The Bertz CT molecular complexity index is 736. The topological polar surface area (TPSA) is 12.9 Å². The molecule has 2 aromatic rings. The number of rotatable bonds is 3. The Morgan fingerprint density at radius 1 is 0.833 bits per heavy atom. The zero-order chi connectivity index (χ0) is 17.3. The zero-order valence-electron chi connectivity index (χ0n) is 13.5. The largest absolute Gasteiger partial charge is 0.251 e. The minimum absolute atomic E-state index is 0.0773. The maximum atomic E-state index is 14.2. The molecule has 128 valence electrons. The van der Waals surface area contributed by atoms with Gasteiger partial charge in [-0.3, -0.25) is 0 Å². The van der Waals surface area contributed by atoms with Crippen molar-refractivity contribution in [3.8, 4) is 0 Å². The molecule has 0 amide bonds. The van der Waals surface area contributed by atoms with Gasteiger partial charge in [-0.05, 0) is 67.2 Å². The van der Waals surface area contributed by atoms with Crippen molar-refractivity contribution in [3.63, 3.8) is 0 Å². The van der Waals surface area contributed by atoms with Crippen molar-refractivity contribution >= 4 is 0 Å². The summed E-state index contributed by atoms with van der Waals surface area (Å²) in [5, 5.41) is 0. The molecule has 24 heavy (non-hydrogen) atoms. The molecule has 0 radical (unpaired) electrons. The lowest BCUT2D eigenvalue weighted by Gasteiger charge is -2.29. The summed E-state index contributed by atoms with van der Waals surface area (Å²) in [5.74, 6) is -3.82. The van der Waals surface area contributed by atoms with Gasteiger partial charge in [-0.1, -0.05) is 19.1 Å². The van der Waals surface area contributed by atoms with Crippen molar-refractivity contribution in [2.75, 3.05) is 0 Å². The molecule has 0 atom stereocenters. The van der Waals surface area contributed by atoms with Crippen LogP contribution in [0.2, 0.25) is 0 Å². The summed E-state index contributed by atoms with van der Waals surface area (Å²) in [7, 11) is 0. The summed E-state index contributed by atoms with van der Waals surface area (Å²) in [6.07, 6.45) is 3.36. The molecule has 0 aliphatic heterocycles. The molecule has 1 heterocycles. The third kappa shape index (κ3) is 3.30. The summed E-state index contributed by atoms with van der Waals surface area (Å²) in [5.41, 5.74) is 1.77. The van der Waals surface area contributed by atoms with E-state index in [1.54, 1.807) is 6.07 Å². The molecule has 1 aromatic heterocycles. The van der Waals surface area contributed by atoms with Crippen molar-refractivity contribution in [1.29, 1.82) is 0 Å². The average Bonchev–Trinajstić information content (AvgIpc) is 2.58. The zero-order valence-corrected chi connectivity index (χ0v) is 13.5. The Hall–Kier alpha value is -1.91. The Balaban J connectivity index is 1.73. The van der Waals surface area contributed by atoms with Crippen LogP contribution in [0.5, 0.6) is 0 Å². The first-order valence-corrected chi connectivity index (χ1v) is 8.29. The molecule has 0 spiro atoms. The molecule has 0 saturated heterocycles. The van der Waals surface area contributed by atoms with Crippen LogP contribution in [0.3, 0.4) is 0 Å². The van der Waals surface area contributed by atoms with Gasteiger partial charge >= 0.3 is 0 Å².